The summed E-state index contributed by atoms with van der Waals surface area (Å²) in [6.07, 6.45) is -0.126. The van der Waals surface area contributed by atoms with E-state index in [-0.39, 0.29) is 24.0 Å². The summed E-state index contributed by atoms with van der Waals surface area (Å²) in [4.78, 5) is 28.1. The van der Waals surface area contributed by atoms with E-state index in [1.165, 1.54) is 0 Å². The maximum atomic E-state index is 12.5. The third-order valence-electron chi connectivity index (χ3n) is 5.11. The molecule has 0 unspecified atom stereocenters. The quantitative estimate of drug-likeness (QED) is 0.811. The largest absolute Gasteiger partial charge is 0.375 e. The number of piperazine rings is 1. The van der Waals surface area contributed by atoms with Crippen molar-refractivity contribution in [1.82, 2.24) is 15.5 Å². The minimum Gasteiger partial charge on any atom is -0.375 e. The van der Waals surface area contributed by atoms with Gasteiger partial charge in [0, 0.05) is 51.9 Å². The number of morpholine rings is 1. The molecule has 0 aromatic heterocycles. The summed E-state index contributed by atoms with van der Waals surface area (Å²) in [6, 6.07) is 7.81. The fourth-order valence-corrected chi connectivity index (χ4v) is 3.55. The highest BCUT2D eigenvalue weighted by molar-refractivity contribution is 5.82. The molecule has 2 saturated heterocycles. The van der Waals surface area contributed by atoms with Crippen LogP contribution in [0.4, 0.5) is 5.69 Å². The topological polar surface area (TPSA) is 73.9 Å². The van der Waals surface area contributed by atoms with Crippen molar-refractivity contribution < 1.29 is 14.3 Å². The van der Waals surface area contributed by atoms with Crippen LogP contribution in [0.1, 0.15) is 19.4 Å². The zero-order valence-corrected chi connectivity index (χ0v) is 15.5. The number of carbonyl (C=O) groups is 2. The summed E-state index contributed by atoms with van der Waals surface area (Å²) in [5, 5.41) is 6.25. The minimum atomic E-state index is -0.310. The van der Waals surface area contributed by atoms with Crippen molar-refractivity contribution >= 4 is 17.5 Å². The van der Waals surface area contributed by atoms with Gasteiger partial charge in [0.2, 0.25) is 11.8 Å². The summed E-state index contributed by atoms with van der Waals surface area (Å²) in [5.74, 6) is 0.0925. The first-order valence-electron chi connectivity index (χ1n) is 9.27. The molecule has 1 aromatic rings. The number of benzene rings is 1. The van der Waals surface area contributed by atoms with Crippen LogP contribution in [0.5, 0.6) is 0 Å². The summed E-state index contributed by atoms with van der Waals surface area (Å²) in [5.41, 5.74) is 2.21. The van der Waals surface area contributed by atoms with Crippen LogP contribution in [-0.4, -0.2) is 68.2 Å². The van der Waals surface area contributed by atoms with Gasteiger partial charge in [-0.05, 0) is 18.6 Å². The first-order chi connectivity index (χ1) is 12.6. The molecule has 2 aliphatic rings. The third kappa shape index (κ3) is 4.34. The van der Waals surface area contributed by atoms with Crippen molar-refractivity contribution in [2.45, 2.75) is 32.5 Å². The lowest BCUT2D eigenvalue weighted by molar-refractivity contribution is -0.130. The summed E-state index contributed by atoms with van der Waals surface area (Å²) in [7, 11) is 0. The first kappa shape index (κ1) is 18.7. The Balaban J connectivity index is 1.61. The Morgan fingerprint density at radius 3 is 2.65 bits per heavy atom. The van der Waals surface area contributed by atoms with Crippen LogP contribution in [-0.2, 0) is 20.9 Å². The highest BCUT2D eigenvalue weighted by atomic mass is 16.5. The van der Waals surface area contributed by atoms with Gasteiger partial charge in [0.05, 0.1) is 12.7 Å². The molecule has 2 amide bonds. The molecule has 0 spiro atoms. The van der Waals surface area contributed by atoms with Crippen LogP contribution < -0.4 is 15.5 Å². The Kier molecular flexibility index (Phi) is 6.11. The number of hydrogen-bond donors (Lipinski definition) is 2. The van der Waals surface area contributed by atoms with Crippen LogP contribution in [0.3, 0.4) is 0 Å². The zero-order chi connectivity index (χ0) is 18.5. The van der Waals surface area contributed by atoms with Crippen molar-refractivity contribution in [3.05, 3.63) is 29.8 Å². The molecule has 2 N–H and O–H groups in total. The molecule has 7 nitrogen and oxygen atoms in total. The number of nitrogens with one attached hydrogen (secondary N) is 2. The summed E-state index contributed by atoms with van der Waals surface area (Å²) >= 11 is 0. The van der Waals surface area contributed by atoms with Crippen LogP contribution >= 0.6 is 0 Å². The molecule has 0 aliphatic carbocycles. The van der Waals surface area contributed by atoms with E-state index in [1.54, 1.807) is 6.92 Å². The molecule has 2 aliphatic heterocycles. The average Bonchev–Trinajstić information content (AvgIpc) is 2.67. The maximum Gasteiger partial charge on any atom is 0.240 e. The van der Waals surface area contributed by atoms with Gasteiger partial charge in [0.25, 0.3) is 0 Å². The molecule has 2 heterocycles. The Hall–Kier alpha value is -2.12. The molecule has 0 radical (unpaired) electrons. The lowest BCUT2D eigenvalue weighted by Gasteiger charge is -2.36. The van der Waals surface area contributed by atoms with Crippen LogP contribution in [0.15, 0.2) is 24.3 Å². The normalized spacial score (nSPS) is 23.6. The van der Waals surface area contributed by atoms with E-state index in [1.807, 2.05) is 30.0 Å². The number of ether oxygens (including phenoxy) is 1. The number of carbonyl (C=O) groups excluding carboxylic acids is 2. The number of hydrogen-bond acceptors (Lipinski definition) is 5. The Bertz CT molecular complexity index is 643. The summed E-state index contributed by atoms with van der Waals surface area (Å²) in [6.45, 7) is 8.42. The lowest BCUT2D eigenvalue weighted by Crippen LogP contribution is -2.55. The highest BCUT2D eigenvalue weighted by Gasteiger charge is 2.28. The van der Waals surface area contributed by atoms with E-state index in [0.29, 0.717) is 19.7 Å². The van der Waals surface area contributed by atoms with Gasteiger partial charge >= 0.3 is 0 Å². The molecule has 7 heteroatoms. The molecule has 2 fully saturated rings. The number of nitrogens with zero attached hydrogens (tertiary/aromatic N) is 2. The monoisotopic (exact) mass is 360 g/mol. The van der Waals surface area contributed by atoms with Gasteiger partial charge in [-0.25, -0.2) is 0 Å². The molecule has 0 saturated carbocycles. The fourth-order valence-electron chi connectivity index (χ4n) is 3.55. The predicted octanol–water partition coefficient (Wildman–Crippen LogP) is 0.348. The van der Waals surface area contributed by atoms with Gasteiger partial charge in [0.15, 0.2) is 0 Å². The molecular weight excluding hydrogens is 332 g/mol. The molecular formula is C19H28N4O3. The summed E-state index contributed by atoms with van der Waals surface area (Å²) < 4.78 is 5.55. The average molecular weight is 360 g/mol. The van der Waals surface area contributed by atoms with Crippen LogP contribution in [0, 0.1) is 0 Å². The second kappa shape index (κ2) is 8.51. The van der Waals surface area contributed by atoms with Gasteiger partial charge in [-0.3, -0.25) is 9.59 Å². The Labute approximate surface area is 154 Å². The van der Waals surface area contributed by atoms with E-state index >= 15 is 0 Å². The van der Waals surface area contributed by atoms with E-state index < -0.39 is 0 Å². The maximum absolute atomic E-state index is 12.5. The molecule has 142 valence electrons. The van der Waals surface area contributed by atoms with Crippen LogP contribution in [0.2, 0.25) is 0 Å². The molecule has 3 rings (SSSR count). The molecule has 2 atom stereocenters. The minimum absolute atomic E-state index is 0.0339. The second-order valence-corrected chi connectivity index (χ2v) is 6.85. The second-order valence-electron chi connectivity index (χ2n) is 6.85. The van der Waals surface area contributed by atoms with Crippen molar-refractivity contribution in [3.63, 3.8) is 0 Å². The van der Waals surface area contributed by atoms with Gasteiger partial charge in [-0.1, -0.05) is 18.2 Å². The standard InChI is InChI=1S/C19H28N4O3/c1-14-18(20-7-12-26-14)19(25)21-13-16-5-3-4-6-17(16)23-10-8-22(9-11-23)15(2)24/h3-6,14,18,20H,7-13H2,1-2H3,(H,21,25)/t14-,18+/m1/s1. The SMILES string of the molecule is CC(=O)N1CCN(c2ccccc2CNC(=O)[C@H]2NCCO[C@@H]2C)CC1. The van der Waals surface area contributed by atoms with Gasteiger partial charge in [-0.15, -0.1) is 0 Å². The van der Waals surface area contributed by atoms with E-state index in [4.69, 9.17) is 4.74 Å². The fraction of sp³-hybridized carbons (Fsp3) is 0.579. The molecule has 1 aromatic carbocycles. The molecule has 26 heavy (non-hydrogen) atoms. The number of rotatable bonds is 4. The molecule has 0 bridgehead atoms. The van der Waals surface area contributed by atoms with Crippen molar-refractivity contribution in [2.24, 2.45) is 0 Å². The van der Waals surface area contributed by atoms with E-state index in [9.17, 15) is 9.59 Å². The Morgan fingerprint density at radius 1 is 1.23 bits per heavy atom. The van der Waals surface area contributed by atoms with Crippen molar-refractivity contribution in [1.29, 1.82) is 0 Å². The van der Waals surface area contributed by atoms with E-state index in [2.05, 4.69) is 21.6 Å². The van der Waals surface area contributed by atoms with Crippen molar-refractivity contribution in [2.75, 3.05) is 44.2 Å². The zero-order valence-electron chi connectivity index (χ0n) is 15.5. The predicted molar refractivity (Wildman–Crippen MR) is 100.0 cm³/mol. The van der Waals surface area contributed by atoms with Gasteiger partial charge in [0.1, 0.15) is 6.04 Å². The third-order valence-corrected chi connectivity index (χ3v) is 5.11. The van der Waals surface area contributed by atoms with Gasteiger partial charge < -0.3 is 25.2 Å². The lowest BCUT2D eigenvalue weighted by atomic mass is 10.1. The first-order valence-corrected chi connectivity index (χ1v) is 9.27. The number of anilines is 1. The Morgan fingerprint density at radius 2 is 1.96 bits per heavy atom. The van der Waals surface area contributed by atoms with Gasteiger partial charge in [-0.2, -0.15) is 0 Å². The van der Waals surface area contributed by atoms with Crippen molar-refractivity contribution in [3.8, 4) is 0 Å². The highest BCUT2D eigenvalue weighted by Crippen LogP contribution is 2.22. The van der Waals surface area contributed by atoms with E-state index in [0.717, 1.165) is 37.4 Å². The number of para-hydroxylation sites is 1. The number of amides is 2. The smallest absolute Gasteiger partial charge is 0.240 e. The van der Waals surface area contributed by atoms with Crippen LogP contribution in [0.25, 0.3) is 0 Å².